The highest BCUT2D eigenvalue weighted by Gasteiger charge is 2.08. The minimum Gasteiger partial charge on any atom is -0.756 e. The van der Waals surface area contributed by atoms with Gasteiger partial charge in [0.15, 0.2) is 0 Å². The van der Waals surface area contributed by atoms with Crippen molar-refractivity contribution in [1.82, 2.24) is 0 Å². The molecule has 2 N–H and O–H groups in total. The van der Waals surface area contributed by atoms with Crippen LogP contribution < -0.4 is 10.2 Å². The number of rotatable bonds is 36. The van der Waals surface area contributed by atoms with Crippen LogP contribution in [0.2, 0.25) is 0 Å². The number of hydrogen-bond acceptors (Lipinski definition) is 4. The lowest BCUT2D eigenvalue weighted by molar-refractivity contribution is -0.636. The van der Waals surface area contributed by atoms with E-state index in [4.69, 9.17) is 9.05 Å². The van der Waals surface area contributed by atoms with Crippen LogP contribution in [0.5, 0.6) is 0 Å². The van der Waals surface area contributed by atoms with Gasteiger partial charge in [-0.1, -0.05) is 194 Å². The van der Waals surface area contributed by atoms with Gasteiger partial charge in [0.2, 0.25) is 0 Å². The Kier molecular flexibility index (Phi) is 42.1. The van der Waals surface area contributed by atoms with Crippen LogP contribution in [0.3, 0.4) is 0 Å². The van der Waals surface area contributed by atoms with Gasteiger partial charge >= 0.3 is 0 Å². The van der Waals surface area contributed by atoms with E-state index in [0.29, 0.717) is 0 Å². The van der Waals surface area contributed by atoms with Gasteiger partial charge < -0.3 is 19.3 Å². The topological polar surface area (TPSA) is 75.2 Å². The molecule has 0 aromatic rings. The van der Waals surface area contributed by atoms with Gasteiger partial charge in [-0.05, 0) is 25.0 Å². The number of nitrogens with two attached hydrogens (primary N) is 1. The van der Waals surface area contributed by atoms with E-state index < -0.39 is 7.82 Å². The molecule has 0 unspecified atom stereocenters. The number of phosphoric ester groups is 1. The summed E-state index contributed by atoms with van der Waals surface area (Å²) in [6.45, 7) is 14.2. The Labute approximate surface area is 276 Å². The normalized spacial score (nSPS) is 11.3. The molecule has 0 aromatic carbocycles. The average Bonchev–Trinajstić information content (AvgIpc) is 3.01. The predicted molar refractivity (Wildman–Crippen MR) is 192 cm³/mol. The number of quaternary nitrogens is 1. The highest BCUT2D eigenvalue weighted by Crippen LogP contribution is 2.38. The zero-order valence-corrected chi connectivity index (χ0v) is 30.7. The summed E-state index contributed by atoms with van der Waals surface area (Å²) in [4.78, 5) is 11.9. The molecule has 0 amide bonds. The first-order valence-corrected chi connectivity index (χ1v) is 20.6. The maximum Gasteiger partial charge on any atom is 0.267 e. The first kappa shape index (κ1) is 45.7. The molecule has 0 saturated heterocycles. The van der Waals surface area contributed by atoms with Crippen LogP contribution in [0.15, 0.2) is 25.3 Å². The fourth-order valence-electron chi connectivity index (χ4n) is 5.32. The molecule has 0 saturated carbocycles. The number of phosphoric acid groups is 1. The van der Waals surface area contributed by atoms with Crippen LogP contribution in [0.4, 0.5) is 0 Å². The maximum atomic E-state index is 11.9. The first-order chi connectivity index (χ1) is 21.5. The van der Waals surface area contributed by atoms with E-state index >= 15 is 0 Å². The van der Waals surface area contributed by atoms with Crippen molar-refractivity contribution in [2.75, 3.05) is 26.3 Å². The van der Waals surface area contributed by atoms with Gasteiger partial charge in [-0.3, -0.25) is 4.57 Å². The van der Waals surface area contributed by atoms with Gasteiger partial charge in [0.1, 0.15) is 0 Å². The second-order valence-corrected chi connectivity index (χ2v) is 14.1. The van der Waals surface area contributed by atoms with Crippen LogP contribution >= 0.6 is 7.82 Å². The number of unbranched alkanes of at least 4 members (excludes halogenated alkanes) is 26. The fraction of sp³-hybridized carbons (Fsp3) is 0.895. The summed E-state index contributed by atoms with van der Waals surface area (Å²) in [7, 11) is -4.12. The molecule has 0 heterocycles. The van der Waals surface area contributed by atoms with E-state index in [2.05, 4.69) is 32.3 Å². The molecule has 0 aromatic heterocycles. The van der Waals surface area contributed by atoms with E-state index in [0.717, 1.165) is 38.8 Å². The minimum absolute atomic E-state index is 0.261. The van der Waals surface area contributed by atoms with Crippen molar-refractivity contribution in [3.05, 3.63) is 25.3 Å². The zero-order valence-electron chi connectivity index (χ0n) is 29.9. The summed E-state index contributed by atoms with van der Waals surface area (Å²) in [5, 5.41) is 2.12. The molecule has 0 rings (SSSR count). The summed E-state index contributed by atoms with van der Waals surface area (Å²) in [5.41, 5.74) is 0. The summed E-state index contributed by atoms with van der Waals surface area (Å²) in [6, 6.07) is 0. The molecule has 0 radical (unpaired) electrons. The lowest BCUT2D eigenvalue weighted by Gasteiger charge is -2.22. The Balaban J connectivity index is 0. The summed E-state index contributed by atoms with van der Waals surface area (Å²) < 4.78 is 21.9. The highest BCUT2D eigenvalue weighted by molar-refractivity contribution is 7.45. The van der Waals surface area contributed by atoms with E-state index in [9.17, 15) is 9.46 Å². The van der Waals surface area contributed by atoms with Crippen LogP contribution in [-0.2, 0) is 13.6 Å². The van der Waals surface area contributed by atoms with E-state index in [1.165, 1.54) is 154 Å². The van der Waals surface area contributed by atoms with Crippen LogP contribution in [0, 0.1) is 0 Å². The lowest BCUT2D eigenvalue weighted by Crippen LogP contribution is -2.83. The van der Waals surface area contributed by atoms with Crippen molar-refractivity contribution < 1.29 is 23.8 Å². The van der Waals surface area contributed by atoms with Crippen molar-refractivity contribution in [1.29, 1.82) is 0 Å². The van der Waals surface area contributed by atoms with Gasteiger partial charge in [0.05, 0.1) is 26.3 Å². The van der Waals surface area contributed by atoms with Crippen molar-refractivity contribution >= 4 is 7.82 Å². The van der Waals surface area contributed by atoms with Gasteiger partial charge in [0, 0.05) is 0 Å². The Hall–Kier alpha value is -0.450. The Morgan fingerprint density at radius 1 is 0.477 bits per heavy atom. The molecule has 0 fully saturated rings. The highest BCUT2D eigenvalue weighted by atomic mass is 31.2. The molecule has 0 bridgehead atoms. The fourth-order valence-corrected chi connectivity index (χ4v) is 6.10. The minimum atomic E-state index is -4.12. The van der Waals surface area contributed by atoms with Gasteiger partial charge in [-0.15, -0.1) is 0 Å². The average molecular weight is 644 g/mol. The van der Waals surface area contributed by atoms with Crippen LogP contribution in [0.25, 0.3) is 0 Å². The molecule has 0 aliphatic rings. The molecule has 6 heteroatoms. The van der Waals surface area contributed by atoms with Crippen molar-refractivity contribution in [2.24, 2.45) is 0 Å². The van der Waals surface area contributed by atoms with Gasteiger partial charge in [-0.2, -0.15) is 0 Å². The van der Waals surface area contributed by atoms with Gasteiger partial charge in [-0.25, -0.2) is 0 Å². The third-order valence-electron chi connectivity index (χ3n) is 8.16. The summed E-state index contributed by atoms with van der Waals surface area (Å²) >= 11 is 0. The summed E-state index contributed by atoms with van der Waals surface area (Å²) in [5.74, 6) is 0. The lowest BCUT2D eigenvalue weighted by atomic mass is 10.0. The van der Waals surface area contributed by atoms with Gasteiger partial charge in [0.25, 0.3) is 7.82 Å². The van der Waals surface area contributed by atoms with E-state index in [1.807, 2.05) is 12.2 Å². The van der Waals surface area contributed by atoms with Crippen molar-refractivity contribution in [3.8, 4) is 0 Å². The molecule has 5 nitrogen and oxygen atoms in total. The largest absolute Gasteiger partial charge is 0.756 e. The maximum absolute atomic E-state index is 11.9. The Morgan fingerprint density at radius 2 is 0.705 bits per heavy atom. The second-order valence-electron chi connectivity index (χ2n) is 12.6. The molecule has 0 atom stereocenters. The smallest absolute Gasteiger partial charge is 0.267 e. The quantitative estimate of drug-likeness (QED) is 0.0419. The van der Waals surface area contributed by atoms with E-state index in [1.54, 1.807) is 0 Å². The SMILES string of the molecule is C=CC[NH2+]CC=C.CCCCCCCCCCCCCCCCOP(=O)([O-])OCCCCCCCCCCCCCCCC. The molecule has 0 aliphatic heterocycles. The zero-order chi connectivity index (χ0) is 32.7. The first-order valence-electron chi connectivity index (χ1n) is 19.2. The molecular formula is C38H78NO4P. The molecule has 264 valence electrons. The molecule has 0 spiro atoms. The van der Waals surface area contributed by atoms with E-state index in [-0.39, 0.29) is 13.2 Å². The monoisotopic (exact) mass is 644 g/mol. The molecular weight excluding hydrogens is 565 g/mol. The second kappa shape index (κ2) is 40.6. The van der Waals surface area contributed by atoms with Crippen LogP contribution in [-0.4, -0.2) is 26.3 Å². The van der Waals surface area contributed by atoms with Crippen molar-refractivity contribution in [2.45, 2.75) is 194 Å². The Morgan fingerprint density at radius 3 is 0.932 bits per heavy atom. The predicted octanol–water partition coefficient (Wildman–Crippen LogP) is 11.4. The third kappa shape index (κ3) is 43.7. The number of hydrogen-bond donors (Lipinski definition) is 1. The third-order valence-corrected chi connectivity index (χ3v) is 9.16. The van der Waals surface area contributed by atoms with Crippen molar-refractivity contribution in [3.63, 3.8) is 0 Å². The standard InChI is InChI=1S/C32H67O4P.C6H11N/c1-3-5-7-9-11-13-15-17-19-21-23-25-27-29-31-35-37(33,34)36-32-30-28-26-24-22-20-18-16-14-12-10-8-6-4-2;1-3-5-7-6-4-2/h3-32H2,1-2H3,(H,33,34);3-4,7H,1-2,5-6H2. The Bertz CT molecular complexity index is 555. The molecule has 44 heavy (non-hydrogen) atoms. The summed E-state index contributed by atoms with van der Waals surface area (Å²) in [6.07, 6.45) is 39.8. The molecule has 0 aliphatic carbocycles. The van der Waals surface area contributed by atoms with Crippen LogP contribution in [0.1, 0.15) is 194 Å².